The topological polar surface area (TPSA) is 73.3 Å². The van der Waals surface area contributed by atoms with Gasteiger partial charge in [0.15, 0.2) is 5.82 Å². The summed E-state index contributed by atoms with van der Waals surface area (Å²) in [6.07, 6.45) is 0. The van der Waals surface area contributed by atoms with Crippen molar-refractivity contribution in [2.45, 2.75) is 6.92 Å². The number of hydrogen-bond acceptors (Lipinski definition) is 4. The standard InChI is InChI=1S/C15H17ClFN3O/c1-9-3-2-4-10(7-9)21-6-5-20-15-12(19)8-11(18)13(16)14(15)17/h2-4,7-8,20H,5-6,18-19H2,1H3. The lowest BCUT2D eigenvalue weighted by Crippen LogP contribution is -2.14. The molecule has 0 aliphatic carbocycles. The number of halogens is 2. The quantitative estimate of drug-likeness (QED) is 0.584. The van der Waals surface area contributed by atoms with Gasteiger partial charge >= 0.3 is 0 Å². The van der Waals surface area contributed by atoms with E-state index in [1.54, 1.807) is 0 Å². The Kier molecular flexibility index (Phi) is 4.75. The van der Waals surface area contributed by atoms with Gasteiger partial charge in [-0.2, -0.15) is 0 Å². The number of aryl methyl sites for hydroxylation is 1. The van der Waals surface area contributed by atoms with Gasteiger partial charge < -0.3 is 21.5 Å². The molecule has 112 valence electrons. The third kappa shape index (κ3) is 3.70. The van der Waals surface area contributed by atoms with E-state index in [2.05, 4.69) is 5.32 Å². The Hall–Kier alpha value is -2.14. The van der Waals surface area contributed by atoms with Crippen LogP contribution in [0.3, 0.4) is 0 Å². The molecule has 0 radical (unpaired) electrons. The summed E-state index contributed by atoms with van der Waals surface area (Å²) < 4.78 is 19.5. The van der Waals surface area contributed by atoms with E-state index in [-0.39, 0.29) is 22.1 Å². The Balaban J connectivity index is 1.94. The molecule has 6 heteroatoms. The van der Waals surface area contributed by atoms with Crippen LogP contribution in [-0.2, 0) is 0 Å². The number of nitrogens with one attached hydrogen (secondary N) is 1. The van der Waals surface area contributed by atoms with Crippen LogP contribution in [0.2, 0.25) is 5.02 Å². The van der Waals surface area contributed by atoms with Crippen molar-refractivity contribution >= 4 is 28.7 Å². The molecule has 0 unspecified atom stereocenters. The lowest BCUT2D eigenvalue weighted by molar-refractivity contribution is 0.332. The smallest absolute Gasteiger partial charge is 0.169 e. The fourth-order valence-electron chi connectivity index (χ4n) is 1.90. The molecule has 0 heterocycles. The van der Waals surface area contributed by atoms with Gasteiger partial charge in [0.25, 0.3) is 0 Å². The predicted molar refractivity (Wildman–Crippen MR) is 85.4 cm³/mol. The molecule has 0 aliphatic heterocycles. The second-order valence-corrected chi connectivity index (χ2v) is 5.03. The Morgan fingerprint density at radius 3 is 2.71 bits per heavy atom. The first-order valence-corrected chi connectivity index (χ1v) is 6.83. The minimum atomic E-state index is -0.648. The summed E-state index contributed by atoms with van der Waals surface area (Å²) >= 11 is 5.75. The molecule has 0 spiro atoms. The molecule has 5 N–H and O–H groups in total. The number of ether oxygens (including phenoxy) is 1. The summed E-state index contributed by atoms with van der Waals surface area (Å²) in [5.41, 5.74) is 12.8. The lowest BCUT2D eigenvalue weighted by Gasteiger charge is -2.13. The van der Waals surface area contributed by atoms with Crippen LogP contribution >= 0.6 is 11.6 Å². The van der Waals surface area contributed by atoms with Gasteiger partial charge in [-0.25, -0.2) is 4.39 Å². The first-order valence-electron chi connectivity index (χ1n) is 6.45. The van der Waals surface area contributed by atoms with Crippen molar-refractivity contribution in [1.82, 2.24) is 0 Å². The summed E-state index contributed by atoms with van der Waals surface area (Å²) in [5, 5.41) is 2.74. The summed E-state index contributed by atoms with van der Waals surface area (Å²) in [6.45, 7) is 2.73. The van der Waals surface area contributed by atoms with E-state index in [1.807, 2.05) is 31.2 Å². The number of nitrogen functional groups attached to an aromatic ring is 2. The van der Waals surface area contributed by atoms with Crippen LogP contribution in [0.1, 0.15) is 5.56 Å². The molecule has 4 nitrogen and oxygen atoms in total. The zero-order valence-corrected chi connectivity index (χ0v) is 12.4. The molecule has 0 bridgehead atoms. The van der Waals surface area contributed by atoms with Crippen molar-refractivity contribution in [3.63, 3.8) is 0 Å². The minimum absolute atomic E-state index is 0.119. The molecule has 0 aromatic heterocycles. The molecule has 0 fully saturated rings. The molecular formula is C15H17ClFN3O. The van der Waals surface area contributed by atoms with Crippen molar-refractivity contribution in [3.8, 4) is 5.75 Å². The van der Waals surface area contributed by atoms with Crippen molar-refractivity contribution in [3.05, 3.63) is 46.7 Å². The van der Waals surface area contributed by atoms with Crippen LogP contribution in [0.25, 0.3) is 0 Å². The maximum absolute atomic E-state index is 13.9. The highest BCUT2D eigenvalue weighted by Crippen LogP contribution is 2.33. The van der Waals surface area contributed by atoms with Crippen LogP contribution in [0.4, 0.5) is 21.5 Å². The number of rotatable bonds is 5. The number of nitrogens with two attached hydrogens (primary N) is 2. The third-order valence-electron chi connectivity index (χ3n) is 2.93. The molecule has 2 rings (SSSR count). The summed E-state index contributed by atoms with van der Waals surface area (Å²) in [7, 11) is 0. The largest absolute Gasteiger partial charge is 0.492 e. The summed E-state index contributed by atoms with van der Waals surface area (Å²) in [4.78, 5) is 0. The highest BCUT2D eigenvalue weighted by Gasteiger charge is 2.13. The van der Waals surface area contributed by atoms with E-state index in [4.69, 9.17) is 27.8 Å². The number of anilines is 3. The molecular weight excluding hydrogens is 293 g/mol. The van der Waals surface area contributed by atoms with Crippen LogP contribution in [0, 0.1) is 12.7 Å². The first-order chi connectivity index (χ1) is 9.99. The van der Waals surface area contributed by atoms with Gasteiger partial charge in [0.05, 0.1) is 17.1 Å². The predicted octanol–water partition coefficient (Wildman–Crippen LogP) is 3.44. The zero-order valence-electron chi connectivity index (χ0n) is 11.6. The van der Waals surface area contributed by atoms with Crippen LogP contribution in [-0.4, -0.2) is 13.2 Å². The van der Waals surface area contributed by atoms with Gasteiger partial charge in [0.1, 0.15) is 17.4 Å². The van der Waals surface area contributed by atoms with Crippen LogP contribution in [0.15, 0.2) is 30.3 Å². The Morgan fingerprint density at radius 2 is 2.00 bits per heavy atom. The average molecular weight is 310 g/mol. The van der Waals surface area contributed by atoms with Crippen molar-refractivity contribution in [2.75, 3.05) is 29.9 Å². The highest BCUT2D eigenvalue weighted by atomic mass is 35.5. The van der Waals surface area contributed by atoms with Gasteiger partial charge in [0, 0.05) is 6.54 Å². The van der Waals surface area contributed by atoms with Gasteiger partial charge in [-0.15, -0.1) is 0 Å². The molecule has 0 atom stereocenters. The molecule has 21 heavy (non-hydrogen) atoms. The van der Waals surface area contributed by atoms with Gasteiger partial charge in [0.2, 0.25) is 0 Å². The van der Waals surface area contributed by atoms with Crippen LogP contribution in [0.5, 0.6) is 5.75 Å². The fraction of sp³-hybridized carbons (Fsp3) is 0.200. The first kappa shape index (κ1) is 15.3. The molecule has 0 amide bonds. The maximum Gasteiger partial charge on any atom is 0.169 e. The van der Waals surface area contributed by atoms with E-state index < -0.39 is 5.82 Å². The second kappa shape index (κ2) is 6.54. The number of hydrogen-bond donors (Lipinski definition) is 3. The normalized spacial score (nSPS) is 10.4. The Bertz CT molecular complexity index is 649. The van der Waals surface area contributed by atoms with Gasteiger partial charge in [-0.1, -0.05) is 23.7 Å². The van der Waals surface area contributed by atoms with E-state index in [0.717, 1.165) is 11.3 Å². The Labute approximate surface area is 127 Å². The highest BCUT2D eigenvalue weighted by molar-refractivity contribution is 6.33. The lowest BCUT2D eigenvalue weighted by atomic mass is 10.2. The second-order valence-electron chi connectivity index (χ2n) is 4.65. The third-order valence-corrected chi connectivity index (χ3v) is 3.31. The zero-order chi connectivity index (χ0) is 15.4. The van der Waals surface area contributed by atoms with Crippen molar-refractivity contribution < 1.29 is 9.13 Å². The number of benzene rings is 2. The van der Waals surface area contributed by atoms with E-state index in [0.29, 0.717) is 13.2 Å². The molecule has 0 aliphatic rings. The summed E-state index contributed by atoms with van der Waals surface area (Å²) in [6, 6.07) is 9.11. The van der Waals surface area contributed by atoms with Gasteiger partial charge in [-0.05, 0) is 30.7 Å². The van der Waals surface area contributed by atoms with Crippen molar-refractivity contribution in [1.29, 1.82) is 0 Å². The SMILES string of the molecule is Cc1cccc(OCCNc2c(N)cc(N)c(Cl)c2F)c1. The monoisotopic (exact) mass is 309 g/mol. The molecule has 2 aromatic rings. The summed E-state index contributed by atoms with van der Waals surface area (Å²) in [5.74, 6) is 0.116. The van der Waals surface area contributed by atoms with E-state index >= 15 is 0 Å². The van der Waals surface area contributed by atoms with E-state index in [1.165, 1.54) is 6.07 Å². The van der Waals surface area contributed by atoms with Crippen molar-refractivity contribution in [2.24, 2.45) is 0 Å². The van der Waals surface area contributed by atoms with Crippen LogP contribution < -0.4 is 21.5 Å². The minimum Gasteiger partial charge on any atom is -0.492 e. The van der Waals surface area contributed by atoms with Gasteiger partial charge in [-0.3, -0.25) is 0 Å². The average Bonchev–Trinajstić information content (AvgIpc) is 2.44. The fourth-order valence-corrected chi connectivity index (χ4v) is 2.05. The molecule has 0 saturated carbocycles. The maximum atomic E-state index is 13.9. The molecule has 2 aromatic carbocycles. The Morgan fingerprint density at radius 1 is 1.24 bits per heavy atom. The molecule has 0 saturated heterocycles. The van der Waals surface area contributed by atoms with E-state index in [9.17, 15) is 4.39 Å².